The molecular weight excluding hydrogens is 392 g/mol. The number of benzene rings is 1. The Labute approximate surface area is 165 Å². The lowest BCUT2D eigenvalue weighted by Crippen LogP contribution is -2.32. The molecule has 9 heteroatoms. The minimum absolute atomic E-state index is 0.0636. The van der Waals surface area contributed by atoms with Crippen molar-refractivity contribution in [3.8, 4) is 0 Å². The van der Waals surface area contributed by atoms with Crippen molar-refractivity contribution in [2.24, 2.45) is 0 Å². The summed E-state index contributed by atoms with van der Waals surface area (Å²) < 4.78 is 0.674. The zero-order valence-corrected chi connectivity index (χ0v) is 16.8. The van der Waals surface area contributed by atoms with Gasteiger partial charge >= 0.3 is 0 Å². The van der Waals surface area contributed by atoms with Crippen LogP contribution in [0.2, 0.25) is 5.02 Å². The molecule has 0 radical (unpaired) electrons. The van der Waals surface area contributed by atoms with Crippen molar-refractivity contribution in [2.45, 2.75) is 48.7 Å². The minimum Gasteiger partial charge on any atom is -0.325 e. The molecule has 2 amide bonds. The molecule has 1 aromatic heterocycles. The molecule has 138 valence electrons. The molecule has 3 rings (SSSR count). The van der Waals surface area contributed by atoms with Gasteiger partial charge in [0.25, 0.3) is 0 Å². The standard InChI is InChI=1S/C17H19ClN4O2S2/c1-3-14(23)22(13-8-9-13)16-20-21-17(26-16)25-10(2)15(24)19-12-6-4-11(18)5-7-12/h4-7,10,13H,3,8-9H2,1-2H3,(H,19,24)/t10-/m0/s1. The number of thioether (sulfide) groups is 1. The maximum atomic E-state index is 12.3. The Kier molecular flexibility index (Phi) is 6.16. The molecule has 0 unspecified atom stereocenters. The van der Waals surface area contributed by atoms with Gasteiger partial charge in [-0.05, 0) is 44.0 Å². The lowest BCUT2D eigenvalue weighted by Gasteiger charge is -2.17. The number of nitrogens with zero attached hydrogens (tertiary/aromatic N) is 3. The molecule has 6 nitrogen and oxygen atoms in total. The van der Waals surface area contributed by atoms with Gasteiger partial charge in [0, 0.05) is 23.2 Å². The van der Waals surface area contributed by atoms with Crippen LogP contribution in [0.3, 0.4) is 0 Å². The summed E-state index contributed by atoms with van der Waals surface area (Å²) in [5.41, 5.74) is 0.693. The van der Waals surface area contributed by atoms with E-state index in [-0.39, 0.29) is 23.1 Å². The summed E-state index contributed by atoms with van der Waals surface area (Å²) in [6, 6.07) is 7.21. The van der Waals surface area contributed by atoms with Crippen molar-refractivity contribution in [3.63, 3.8) is 0 Å². The molecule has 0 spiro atoms. The van der Waals surface area contributed by atoms with Crippen LogP contribution in [0.15, 0.2) is 28.6 Å². The number of carbonyl (C=O) groups is 2. The van der Waals surface area contributed by atoms with Crippen molar-refractivity contribution in [3.05, 3.63) is 29.3 Å². The summed E-state index contributed by atoms with van der Waals surface area (Å²) >= 11 is 8.53. The Morgan fingerprint density at radius 1 is 1.35 bits per heavy atom. The van der Waals surface area contributed by atoms with Crippen molar-refractivity contribution in [1.29, 1.82) is 0 Å². The smallest absolute Gasteiger partial charge is 0.237 e. The highest BCUT2D eigenvalue weighted by Gasteiger charge is 2.35. The molecule has 26 heavy (non-hydrogen) atoms. The number of amides is 2. The maximum absolute atomic E-state index is 12.3. The van der Waals surface area contributed by atoms with Gasteiger partial charge in [0.15, 0.2) is 4.34 Å². The van der Waals surface area contributed by atoms with E-state index < -0.39 is 0 Å². The van der Waals surface area contributed by atoms with Gasteiger partial charge in [-0.3, -0.25) is 14.5 Å². The van der Waals surface area contributed by atoms with Crippen LogP contribution in [-0.4, -0.2) is 33.3 Å². The van der Waals surface area contributed by atoms with Crippen LogP contribution >= 0.6 is 34.7 Å². The fraction of sp³-hybridized carbons (Fsp3) is 0.412. The van der Waals surface area contributed by atoms with Crippen LogP contribution in [0.5, 0.6) is 0 Å². The number of nitrogens with one attached hydrogen (secondary N) is 1. The molecule has 1 heterocycles. The van der Waals surface area contributed by atoms with E-state index >= 15 is 0 Å². The van der Waals surface area contributed by atoms with Gasteiger partial charge in [0.1, 0.15) is 0 Å². The Morgan fingerprint density at radius 2 is 2.04 bits per heavy atom. The lowest BCUT2D eigenvalue weighted by molar-refractivity contribution is -0.118. The number of carbonyl (C=O) groups excluding carboxylic acids is 2. The summed E-state index contributed by atoms with van der Waals surface area (Å²) in [6.45, 7) is 3.66. The maximum Gasteiger partial charge on any atom is 0.237 e. The molecule has 1 saturated carbocycles. The first-order chi connectivity index (χ1) is 12.5. The molecule has 1 aliphatic carbocycles. The molecule has 0 bridgehead atoms. The van der Waals surface area contributed by atoms with Crippen molar-refractivity contribution >= 4 is 57.3 Å². The fourth-order valence-corrected chi connectivity index (χ4v) is 4.50. The first-order valence-electron chi connectivity index (χ1n) is 8.36. The summed E-state index contributed by atoms with van der Waals surface area (Å²) in [4.78, 5) is 26.2. The third kappa shape index (κ3) is 4.75. The molecule has 0 saturated heterocycles. The van der Waals surface area contributed by atoms with E-state index in [0.29, 0.717) is 26.6 Å². The third-order valence-electron chi connectivity index (χ3n) is 3.84. The van der Waals surface area contributed by atoms with E-state index in [1.54, 1.807) is 29.2 Å². The van der Waals surface area contributed by atoms with Gasteiger partial charge in [-0.15, -0.1) is 10.2 Å². The number of hydrogen-bond donors (Lipinski definition) is 1. The van der Waals surface area contributed by atoms with Gasteiger partial charge in [-0.2, -0.15) is 0 Å². The zero-order valence-electron chi connectivity index (χ0n) is 14.4. The van der Waals surface area contributed by atoms with Crippen LogP contribution in [0.25, 0.3) is 0 Å². The predicted octanol–water partition coefficient (Wildman–Crippen LogP) is 4.22. The Hall–Kier alpha value is -1.64. The molecule has 1 aliphatic rings. The van der Waals surface area contributed by atoms with E-state index in [2.05, 4.69) is 15.5 Å². The fourth-order valence-electron chi connectivity index (χ4n) is 2.30. The van der Waals surface area contributed by atoms with Crippen LogP contribution < -0.4 is 10.2 Å². The van der Waals surface area contributed by atoms with Gasteiger partial charge in [0.2, 0.25) is 16.9 Å². The molecule has 1 atom stereocenters. The van der Waals surface area contributed by atoms with E-state index in [9.17, 15) is 9.59 Å². The predicted molar refractivity (Wildman–Crippen MR) is 106 cm³/mol. The quantitative estimate of drug-likeness (QED) is 0.546. The molecule has 1 fully saturated rings. The van der Waals surface area contributed by atoms with Crippen LogP contribution in [0.1, 0.15) is 33.1 Å². The van der Waals surface area contributed by atoms with E-state index in [1.165, 1.54) is 23.1 Å². The molecule has 2 aromatic rings. The highest BCUT2D eigenvalue weighted by atomic mass is 35.5. The normalized spacial score (nSPS) is 14.7. The minimum atomic E-state index is -0.345. The van der Waals surface area contributed by atoms with Crippen molar-refractivity contribution in [2.75, 3.05) is 10.2 Å². The Bertz CT molecular complexity index is 792. The van der Waals surface area contributed by atoms with E-state index in [1.807, 2.05) is 13.8 Å². The van der Waals surface area contributed by atoms with Crippen LogP contribution in [0.4, 0.5) is 10.8 Å². The molecule has 0 aliphatic heterocycles. The first kappa shape index (κ1) is 19.1. The van der Waals surface area contributed by atoms with E-state index in [0.717, 1.165) is 12.8 Å². The van der Waals surface area contributed by atoms with Gasteiger partial charge in [0.05, 0.1) is 5.25 Å². The zero-order chi connectivity index (χ0) is 18.7. The van der Waals surface area contributed by atoms with Crippen molar-refractivity contribution in [1.82, 2.24) is 10.2 Å². The summed E-state index contributed by atoms with van der Waals surface area (Å²) in [7, 11) is 0. The third-order valence-corrected chi connectivity index (χ3v) is 6.20. The molecular formula is C17H19ClN4O2S2. The van der Waals surface area contributed by atoms with E-state index in [4.69, 9.17) is 11.6 Å². The SMILES string of the molecule is CCC(=O)N(c1nnc(S[C@@H](C)C(=O)Nc2ccc(Cl)cc2)s1)C1CC1. The summed E-state index contributed by atoms with van der Waals surface area (Å²) in [5.74, 6) is -0.0634. The molecule has 1 aromatic carbocycles. The van der Waals surface area contributed by atoms with Gasteiger partial charge < -0.3 is 5.32 Å². The van der Waals surface area contributed by atoms with Crippen LogP contribution in [-0.2, 0) is 9.59 Å². The summed E-state index contributed by atoms with van der Waals surface area (Å²) in [5, 5.41) is 12.0. The number of aromatic nitrogens is 2. The van der Waals surface area contributed by atoms with Crippen molar-refractivity contribution < 1.29 is 9.59 Å². The van der Waals surface area contributed by atoms with Gasteiger partial charge in [-0.25, -0.2) is 0 Å². The largest absolute Gasteiger partial charge is 0.325 e. The number of halogens is 1. The summed E-state index contributed by atoms with van der Waals surface area (Å²) in [6.07, 6.45) is 2.46. The average molecular weight is 411 g/mol. The van der Waals surface area contributed by atoms with Gasteiger partial charge in [-0.1, -0.05) is 41.6 Å². The first-order valence-corrected chi connectivity index (χ1v) is 10.4. The second kappa shape index (κ2) is 8.37. The second-order valence-electron chi connectivity index (χ2n) is 5.96. The topological polar surface area (TPSA) is 75.2 Å². The second-order valence-corrected chi connectivity index (χ2v) is 8.94. The highest BCUT2D eigenvalue weighted by Crippen LogP contribution is 2.37. The number of rotatable bonds is 7. The number of hydrogen-bond acceptors (Lipinski definition) is 6. The monoisotopic (exact) mass is 410 g/mol. The van der Waals surface area contributed by atoms with Crippen LogP contribution in [0, 0.1) is 0 Å². The Morgan fingerprint density at radius 3 is 2.65 bits per heavy atom. The Balaban J connectivity index is 1.61. The lowest BCUT2D eigenvalue weighted by atomic mass is 10.3. The highest BCUT2D eigenvalue weighted by molar-refractivity contribution is 8.02. The molecule has 1 N–H and O–H groups in total. The average Bonchev–Trinajstić information content (AvgIpc) is 3.36. The number of anilines is 2.